The molecule has 3 N–H and O–H groups in total. The van der Waals surface area contributed by atoms with Crippen LogP contribution in [0.5, 0.6) is 11.5 Å². The summed E-state index contributed by atoms with van der Waals surface area (Å²) in [6.07, 6.45) is -1.11. The van der Waals surface area contributed by atoms with Crippen LogP contribution in [-0.4, -0.2) is 38.3 Å². The molecule has 3 aromatic carbocycles. The normalized spacial score (nSPS) is 11.2. The molecule has 0 heterocycles. The maximum atomic E-state index is 12.7. The molecule has 3 aromatic rings. The van der Waals surface area contributed by atoms with E-state index in [1.54, 1.807) is 68.8 Å². The number of hydrogen-bond acceptors (Lipinski definition) is 7. The molecule has 0 saturated heterocycles. The number of amides is 1. The van der Waals surface area contributed by atoms with Crippen molar-refractivity contribution < 1.29 is 28.9 Å². The number of carbonyl (C=O) groups excluding carboxylic acids is 2. The van der Waals surface area contributed by atoms with Crippen molar-refractivity contribution in [3.63, 3.8) is 0 Å². The molecule has 0 radical (unpaired) electrons. The van der Waals surface area contributed by atoms with Gasteiger partial charge < -0.3 is 30.0 Å². The van der Waals surface area contributed by atoms with Crippen LogP contribution in [0.1, 0.15) is 32.5 Å². The number of rotatable bonds is 8. The lowest BCUT2D eigenvalue weighted by atomic mass is 10.1. The highest BCUT2D eigenvalue weighted by molar-refractivity contribution is 6.06. The van der Waals surface area contributed by atoms with Gasteiger partial charge in [0, 0.05) is 11.1 Å². The van der Waals surface area contributed by atoms with Crippen LogP contribution in [0.2, 0.25) is 0 Å². The number of carbonyl (C=O) groups is 2. The van der Waals surface area contributed by atoms with E-state index in [1.807, 2.05) is 0 Å². The van der Waals surface area contributed by atoms with Crippen LogP contribution in [0.4, 0.5) is 11.4 Å². The van der Waals surface area contributed by atoms with Gasteiger partial charge in [0.15, 0.2) is 6.23 Å². The number of ether oxygens (including phenoxy) is 3. The Morgan fingerprint density at radius 1 is 0.781 bits per heavy atom. The Hall–Kier alpha value is -4.04. The standard InChI is InChI=1S/C24H24N2O6/c1-30-18-9-4-15(5-10-18)22(27)25-20-13-8-17(24(29)32-3)14-21(20)26-23(28)16-6-11-19(31-2)12-7-16/h4-14,23,26,28H,1-3H3,(H,25,27). The van der Waals surface area contributed by atoms with E-state index in [-0.39, 0.29) is 11.5 Å². The summed E-state index contributed by atoms with van der Waals surface area (Å²) in [7, 11) is 4.38. The first-order chi connectivity index (χ1) is 15.4. The Balaban J connectivity index is 1.87. The average Bonchev–Trinajstić information content (AvgIpc) is 2.84. The largest absolute Gasteiger partial charge is 0.497 e. The second-order valence-electron chi connectivity index (χ2n) is 6.75. The van der Waals surface area contributed by atoms with Crippen molar-refractivity contribution in [3.8, 4) is 11.5 Å². The van der Waals surface area contributed by atoms with Gasteiger partial charge in [-0.3, -0.25) is 4.79 Å². The molecule has 0 aliphatic heterocycles. The Morgan fingerprint density at radius 3 is 1.91 bits per heavy atom. The summed E-state index contributed by atoms with van der Waals surface area (Å²) in [6, 6.07) is 18.1. The molecule has 0 saturated carbocycles. The molecule has 32 heavy (non-hydrogen) atoms. The molecule has 3 rings (SSSR count). The zero-order valence-corrected chi connectivity index (χ0v) is 17.9. The molecule has 0 spiro atoms. The maximum absolute atomic E-state index is 12.7. The van der Waals surface area contributed by atoms with E-state index < -0.39 is 12.2 Å². The molecule has 0 aliphatic rings. The van der Waals surface area contributed by atoms with Crippen molar-refractivity contribution in [1.82, 2.24) is 0 Å². The summed E-state index contributed by atoms with van der Waals surface area (Å²) >= 11 is 0. The second kappa shape index (κ2) is 10.3. The zero-order valence-electron chi connectivity index (χ0n) is 17.9. The Morgan fingerprint density at radius 2 is 1.34 bits per heavy atom. The fourth-order valence-corrected chi connectivity index (χ4v) is 2.97. The van der Waals surface area contributed by atoms with E-state index in [4.69, 9.17) is 14.2 Å². The van der Waals surface area contributed by atoms with E-state index in [0.717, 1.165) is 0 Å². The summed E-state index contributed by atoms with van der Waals surface area (Å²) in [5.41, 5.74) is 1.98. The zero-order chi connectivity index (χ0) is 23.1. The highest BCUT2D eigenvalue weighted by Crippen LogP contribution is 2.28. The van der Waals surface area contributed by atoms with E-state index in [0.29, 0.717) is 34.0 Å². The number of benzene rings is 3. The quantitative estimate of drug-likeness (QED) is 0.364. The molecule has 0 aromatic heterocycles. The van der Waals surface area contributed by atoms with Crippen molar-refractivity contribution in [3.05, 3.63) is 83.4 Å². The highest BCUT2D eigenvalue weighted by Gasteiger charge is 2.16. The van der Waals surface area contributed by atoms with Crippen LogP contribution in [0.15, 0.2) is 66.7 Å². The van der Waals surface area contributed by atoms with Gasteiger partial charge >= 0.3 is 5.97 Å². The van der Waals surface area contributed by atoms with E-state index >= 15 is 0 Å². The first-order valence-corrected chi connectivity index (χ1v) is 9.71. The summed E-state index contributed by atoms with van der Waals surface area (Å²) in [5.74, 6) is 0.385. The van der Waals surface area contributed by atoms with Gasteiger partial charge in [-0.1, -0.05) is 12.1 Å². The van der Waals surface area contributed by atoms with Crippen LogP contribution >= 0.6 is 0 Å². The Labute approximate surface area is 185 Å². The van der Waals surface area contributed by atoms with E-state index in [9.17, 15) is 14.7 Å². The number of anilines is 2. The molecule has 0 fully saturated rings. The van der Waals surface area contributed by atoms with Crippen LogP contribution in [-0.2, 0) is 4.74 Å². The maximum Gasteiger partial charge on any atom is 0.337 e. The van der Waals surface area contributed by atoms with Crippen molar-refractivity contribution in [2.45, 2.75) is 6.23 Å². The fraction of sp³-hybridized carbons (Fsp3) is 0.167. The average molecular weight is 436 g/mol. The third-order valence-electron chi connectivity index (χ3n) is 4.76. The number of methoxy groups -OCH3 is 3. The molecule has 0 aliphatic carbocycles. The molecule has 0 bridgehead atoms. The highest BCUT2D eigenvalue weighted by atomic mass is 16.5. The molecular weight excluding hydrogens is 412 g/mol. The minimum atomic E-state index is -1.11. The fourth-order valence-electron chi connectivity index (χ4n) is 2.97. The summed E-state index contributed by atoms with van der Waals surface area (Å²) < 4.78 is 15.0. The number of esters is 1. The van der Waals surface area contributed by atoms with Gasteiger partial charge in [-0.25, -0.2) is 4.79 Å². The van der Waals surface area contributed by atoms with Crippen molar-refractivity contribution in [2.75, 3.05) is 32.0 Å². The second-order valence-corrected chi connectivity index (χ2v) is 6.75. The monoisotopic (exact) mass is 436 g/mol. The number of aliphatic hydroxyl groups excluding tert-OH is 1. The van der Waals surface area contributed by atoms with Gasteiger partial charge in [0.1, 0.15) is 11.5 Å². The lowest BCUT2D eigenvalue weighted by molar-refractivity contribution is 0.0600. The van der Waals surface area contributed by atoms with Gasteiger partial charge in [0.2, 0.25) is 0 Å². The minimum absolute atomic E-state index is 0.263. The Kier molecular flexibility index (Phi) is 7.30. The molecular formula is C24H24N2O6. The van der Waals surface area contributed by atoms with Gasteiger partial charge in [0.05, 0.1) is 38.3 Å². The van der Waals surface area contributed by atoms with Crippen LogP contribution in [0.25, 0.3) is 0 Å². The predicted molar refractivity (Wildman–Crippen MR) is 120 cm³/mol. The lowest BCUT2D eigenvalue weighted by Crippen LogP contribution is -2.16. The first kappa shape index (κ1) is 22.6. The van der Waals surface area contributed by atoms with Crippen LogP contribution < -0.4 is 20.1 Å². The third-order valence-corrected chi connectivity index (χ3v) is 4.76. The van der Waals surface area contributed by atoms with Gasteiger partial charge in [0.25, 0.3) is 5.91 Å². The van der Waals surface area contributed by atoms with Gasteiger partial charge in [-0.05, 0) is 54.6 Å². The Bertz CT molecular complexity index is 1080. The number of aliphatic hydroxyl groups is 1. The van der Waals surface area contributed by atoms with Crippen molar-refractivity contribution in [1.29, 1.82) is 0 Å². The van der Waals surface area contributed by atoms with E-state index in [2.05, 4.69) is 10.6 Å². The molecule has 8 heteroatoms. The molecule has 166 valence electrons. The minimum Gasteiger partial charge on any atom is -0.497 e. The first-order valence-electron chi connectivity index (χ1n) is 9.71. The van der Waals surface area contributed by atoms with Gasteiger partial charge in [-0.15, -0.1) is 0 Å². The van der Waals surface area contributed by atoms with Crippen molar-refractivity contribution in [2.24, 2.45) is 0 Å². The van der Waals surface area contributed by atoms with Crippen LogP contribution in [0, 0.1) is 0 Å². The topological polar surface area (TPSA) is 106 Å². The van der Waals surface area contributed by atoms with E-state index in [1.165, 1.54) is 19.2 Å². The molecule has 1 atom stereocenters. The summed E-state index contributed by atoms with van der Waals surface area (Å²) in [6.45, 7) is 0. The number of nitrogens with one attached hydrogen (secondary N) is 2. The smallest absolute Gasteiger partial charge is 0.337 e. The molecule has 8 nitrogen and oxygen atoms in total. The number of hydrogen-bond donors (Lipinski definition) is 3. The predicted octanol–water partition coefficient (Wildman–Crippen LogP) is 3.85. The molecule has 1 amide bonds. The van der Waals surface area contributed by atoms with Crippen molar-refractivity contribution >= 4 is 23.3 Å². The molecule has 1 unspecified atom stereocenters. The summed E-state index contributed by atoms with van der Waals surface area (Å²) in [5, 5.41) is 16.4. The summed E-state index contributed by atoms with van der Waals surface area (Å²) in [4.78, 5) is 24.7. The lowest BCUT2D eigenvalue weighted by Gasteiger charge is -2.19. The third kappa shape index (κ3) is 5.35. The SMILES string of the molecule is COC(=O)c1ccc(NC(=O)c2ccc(OC)cc2)c(NC(O)c2ccc(OC)cc2)c1. The van der Waals surface area contributed by atoms with Crippen LogP contribution in [0.3, 0.4) is 0 Å². The van der Waals surface area contributed by atoms with Gasteiger partial charge in [-0.2, -0.15) is 0 Å².